The summed E-state index contributed by atoms with van der Waals surface area (Å²) in [5.41, 5.74) is -0.948. The molecule has 0 atom stereocenters. The summed E-state index contributed by atoms with van der Waals surface area (Å²) in [5, 5.41) is 12.6. The van der Waals surface area contributed by atoms with Crippen molar-refractivity contribution in [3.63, 3.8) is 0 Å². The molecule has 1 heterocycles. The number of urea groups is 1. The molecule has 0 spiro atoms. The molecule has 0 radical (unpaired) electrons. The Morgan fingerprint density at radius 1 is 1.10 bits per heavy atom. The molecule has 0 aromatic heterocycles. The first-order valence-electron chi connectivity index (χ1n) is 9.30. The number of rotatable bonds is 4. The Labute approximate surface area is 166 Å². The lowest BCUT2D eigenvalue weighted by atomic mass is 9.73. The second kappa shape index (κ2) is 8.41. The summed E-state index contributed by atoms with van der Waals surface area (Å²) in [6.45, 7) is 0.310. The molecular formula is C21H22F4N2O2. The predicted molar refractivity (Wildman–Crippen MR) is 101 cm³/mol. The van der Waals surface area contributed by atoms with Crippen LogP contribution in [-0.4, -0.2) is 35.7 Å². The molecule has 0 unspecified atom stereocenters. The largest absolute Gasteiger partial charge is 0.416 e. The van der Waals surface area contributed by atoms with E-state index >= 15 is 0 Å². The van der Waals surface area contributed by atoms with Gasteiger partial charge >= 0.3 is 12.2 Å². The molecule has 1 fully saturated rings. The number of hydrogen-bond acceptors (Lipinski definition) is 2. The number of benzene rings is 2. The van der Waals surface area contributed by atoms with Gasteiger partial charge in [0.1, 0.15) is 5.82 Å². The van der Waals surface area contributed by atoms with E-state index in [4.69, 9.17) is 0 Å². The van der Waals surface area contributed by atoms with Crippen LogP contribution >= 0.6 is 0 Å². The lowest BCUT2D eigenvalue weighted by molar-refractivity contribution is -0.138. The Balaban J connectivity index is 1.67. The molecule has 29 heavy (non-hydrogen) atoms. The van der Waals surface area contributed by atoms with E-state index in [0.29, 0.717) is 18.5 Å². The lowest BCUT2D eigenvalue weighted by Crippen LogP contribution is -2.47. The second-order valence-corrected chi connectivity index (χ2v) is 7.42. The van der Waals surface area contributed by atoms with E-state index in [-0.39, 0.29) is 31.7 Å². The van der Waals surface area contributed by atoms with Crippen molar-refractivity contribution < 1.29 is 27.5 Å². The first-order chi connectivity index (χ1) is 13.7. The summed E-state index contributed by atoms with van der Waals surface area (Å²) < 4.78 is 53.1. The molecule has 2 N–H and O–H groups in total. The van der Waals surface area contributed by atoms with Crippen molar-refractivity contribution in [2.75, 3.05) is 25.0 Å². The minimum atomic E-state index is -4.46. The number of carbonyl (C=O) groups is 1. The molecule has 2 amide bonds. The zero-order chi connectivity index (χ0) is 21.1. The van der Waals surface area contributed by atoms with Gasteiger partial charge in [0, 0.05) is 30.8 Å². The number of hydrogen-bond donors (Lipinski definition) is 2. The van der Waals surface area contributed by atoms with Gasteiger partial charge in [0.2, 0.25) is 0 Å². The smallest absolute Gasteiger partial charge is 0.396 e. The van der Waals surface area contributed by atoms with Crippen molar-refractivity contribution in [2.45, 2.75) is 25.4 Å². The van der Waals surface area contributed by atoms with Crippen molar-refractivity contribution in [3.8, 4) is 0 Å². The van der Waals surface area contributed by atoms with Crippen LogP contribution in [0, 0.1) is 11.2 Å². The number of carbonyl (C=O) groups excluding carboxylic acids is 1. The Bertz CT molecular complexity index is 862. The number of amides is 2. The number of anilines is 1. The number of alkyl halides is 3. The van der Waals surface area contributed by atoms with Crippen LogP contribution in [0.4, 0.5) is 28.0 Å². The molecule has 0 saturated carbocycles. The molecule has 2 aromatic carbocycles. The average molecular weight is 410 g/mol. The minimum absolute atomic E-state index is 0.0819. The Hall–Kier alpha value is -2.61. The predicted octanol–water partition coefficient (Wildman–Crippen LogP) is 4.69. The van der Waals surface area contributed by atoms with E-state index in [1.54, 1.807) is 12.1 Å². The fourth-order valence-electron chi connectivity index (χ4n) is 3.70. The van der Waals surface area contributed by atoms with E-state index in [9.17, 15) is 27.5 Å². The van der Waals surface area contributed by atoms with Gasteiger partial charge < -0.3 is 15.3 Å². The zero-order valence-corrected chi connectivity index (χ0v) is 15.7. The molecule has 1 saturated heterocycles. The van der Waals surface area contributed by atoms with Gasteiger partial charge in [0.25, 0.3) is 0 Å². The third-order valence-electron chi connectivity index (χ3n) is 5.41. The number of likely N-dealkylation sites (tertiary alicyclic amines) is 1. The molecule has 1 aliphatic heterocycles. The monoisotopic (exact) mass is 410 g/mol. The third kappa shape index (κ3) is 5.06. The topological polar surface area (TPSA) is 52.6 Å². The highest BCUT2D eigenvalue weighted by Gasteiger charge is 2.39. The van der Waals surface area contributed by atoms with Gasteiger partial charge in [-0.05, 0) is 49.1 Å². The van der Waals surface area contributed by atoms with Crippen LogP contribution in [0.1, 0.15) is 24.0 Å². The van der Waals surface area contributed by atoms with Gasteiger partial charge in [-0.1, -0.05) is 24.3 Å². The summed E-state index contributed by atoms with van der Waals surface area (Å²) >= 11 is 0. The van der Waals surface area contributed by atoms with E-state index < -0.39 is 29.0 Å². The van der Waals surface area contributed by atoms with Crippen molar-refractivity contribution in [1.82, 2.24) is 4.90 Å². The standard InChI is InChI=1S/C21H22F4N2O2/c22-16-5-3-6-17(12-16)26-19(29)27-10-8-20(14-28,9-11-27)13-15-4-1-2-7-18(15)21(23,24)25/h1-7,12,28H,8-11,13-14H2,(H,26,29). The molecule has 8 heteroatoms. The summed E-state index contributed by atoms with van der Waals surface area (Å²) in [5.74, 6) is -0.468. The van der Waals surface area contributed by atoms with Crippen LogP contribution in [0.5, 0.6) is 0 Å². The van der Waals surface area contributed by atoms with Crippen LogP contribution < -0.4 is 5.32 Å². The highest BCUT2D eigenvalue weighted by Crippen LogP contribution is 2.39. The SMILES string of the molecule is O=C(Nc1cccc(F)c1)N1CCC(CO)(Cc2ccccc2C(F)(F)F)CC1. The average Bonchev–Trinajstić information content (AvgIpc) is 2.68. The molecule has 0 aliphatic carbocycles. The maximum absolute atomic E-state index is 13.3. The number of halogens is 4. The van der Waals surface area contributed by atoms with E-state index in [0.717, 1.165) is 6.07 Å². The van der Waals surface area contributed by atoms with Crippen LogP contribution in [0.3, 0.4) is 0 Å². The van der Waals surface area contributed by atoms with Gasteiger partial charge in [-0.25, -0.2) is 9.18 Å². The molecular weight excluding hydrogens is 388 g/mol. The number of nitrogens with zero attached hydrogens (tertiary/aromatic N) is 1. The minimum Gasteiger partial charge on any atom is -0.396 e. The maximum atomic E-state index is 13.3. The van der Waals surface area contributed by atoms with Gasteiger partial charge in [-0.15, -0.1) is 0 Å². The van der Waals surface area contributed by atoms with Crippen molar-refractivity contribution in [1.29, 1.82) is 0 Å². The first kappa shape index (κ1) is 21.1. The van der Waals surface area contributed by atoms with Crippen LogP contribution in [-0.2, 0) is 12.6 Å². The quantitative estimate of drug-likeness (QED) is 0.719. The Morgan fingerprint density at radius 2 is 1.79 bits per heavy atom. The maximum Gasteiger partial charge on any atom is 0.416 e. The van der Waals surface area contributed by atoms with Crippen LogP contribution in [0.15, 0.2) is 48.5 Å². The van der Waals surface area contributed by atoms with Crippen molar-refractivity contribution in [2.24, 2.45) is 5.41 Å². The van der Waals surface area contributed by atoms with E-state index in [1.807, 2.05) is 0 Å². The Morgan fingerprint density at radius 3 is 2.41 bits per heavy atom. The number of aliphatic hydroxyl groups is 1. The number of nitrogens with one attached hydrogen (secondary N) is 1. The first-order valence-corrected chi connectivity index (χ1v) is 9.30. The van der Waals surface area contributed by atoms with Gasteiger partial charge in [-0.2, -0.15) is 13.2 Å². The normalized spacial score (nSPS) is 16.5. The second-order valence-electron chi connectivity index (χ2n) is 7.42. The van der Waals surface area contributed by atoms with Gasteiger partial charge in [0.05, 0.1) is 5.56 Å². The highest BCUT2D eigenvalue weighted by molar-refractivity contribution is 5.89. The van der Waals surface area contributed by atoms with Crippen molar-refractivity contribution >= 4 is 11.7 Å². The zero-order valence-electron chi connectivity index (χ0n) is 15.7. The fraction of sp³-hybridized carbons (Fsp3) is 0.381. The van der Waals surface area contributed by atoms with Gasteiger partial charge in [-0.3, -0.25) is 0 Å². The van der Waals surface area contributed by atoms with E-state index in [1.165, 1.54) is 35.2 Å². The summed E-state index contributed by atoms with van der Waals surface area (Å²) in [6, 6.07) is 10.5. The van der Waals surface area contributed by atoms with Gasteiger partial charge in [0.15, 0.2) is 0 Å². The summed E-state index contributed by atoms with van der Waals surface area (Å²) in [7, 11) is 0. The van der Waals surface area contributed by atoms with Crippen LogP contribution in [0.25, 0.3) is 0 Å². The molecule has 2 aromatic rings. The number of piperidine rings is 1. The lowest BCUT2D eigenvalue weighted by Gasteiger charge is -2.41. The molecule has 3 rings (SSSR count). The molecule has 156 valence electrons. The molecule has 4 nitrogen and oxygen atoms in total. The van der Waals surface area contributed by atoms with Crippen LogP contribution in [0.2, 0.25) is 0 Å². The molecule has 1 aliphatic rings. The number of aliphatic hydroxyl groups excluding tert-OH is 1. The highest BCUT2D eigenvalue weighted by atomic mass is 19.4. The third-order valence-corrected chi connectivity index (χ3v) is 5.41. The van der Waals surface area contributed by atoms with Crippen molar-refractivity contribution in [3.05, 3.63) is 65.5 Å². The fourth-order valence-corrected chi connectivity index (χ4v) is 3.70. The Kier molecular flexibility index (Phi) is 6.12. The van der Waals surface area contributed by atoms with E-state index in [2.05, 4.69) is 5.32 Å². The molecule has 0 bridgehead atoms. The summed E-state index contributed by atoms with van der Waals surface area (Å²) in [6.07, 6.45) is -3.64. The summed E-state index contributed by atoms with van der Waals surface area (Å²) in [4.78, 5) is 13.9.